The van der Waals surface area contributed by atoms with Gasteiger partial charge in [0.15, 0.2) is 0 Å². The van der Waals surface area contributed by atoms with Crippen molar-refractivity contribution in [3.63, 3.8) is 0 Å². The fraction of sp³-hybridized carbons (Fsp3) is 0.643. The van der Waals surface area contributed by atoms with E-state index >= 15 is 0 Å². The van der Waals surface area contributed by atoms with Crippen molar-refractivity contribution in [1.29, 1.82) is 0 Å². The van der Waals surface area contributed by atoms with Crippen molar-refractivity contribution in [2.24, 2.45) is 0 Å². The summed E-state index contributed by atoms with van der Waals surface area (Å²) >= 11 is 5.97. The van der Waals surface area contributed by atoms with Gasteiger partial charge in [-0.2, -0.15) is 0 Å². The molecule has 1 aliphatic carbocycles. The van der Waals surface area contributed by atoms with E-state index in [2.05, 4.69) is 14.9 Å². The van der Waals surface area contributed by atoms with Gasteiger partial charge in [0.1, 0.15) is 11.0 Å². The number of carbonyl (C=O) groups is 1. The molecule has 0 amide bonds. The topological polar surface area (TPSA) is 55.3 Å². The monoisotopic (exact) mass is 297 g/mol. The molecule has 0 bridgehead atoms. The van der Waals surface area contributed by atoms with Gasteiger partial charge in [-0.05, 0) is 25.8 Å². The molecule has 110 valence electrons. The Morgan fingerprint density at radius 3 is 2.75 bits per heavy atom. The van der Waals surface area contributed by atoms with Crippen LogP contribution in [0.25, 0.3) is 0 Å². The van der Waals surface area contributed by atoms with Crippen LogP contribution in [0.5, 0.6) is 0 Å². The maximum Gasteiger partial charge on any atom is 0.319 e. The molecule has 0 atom stereocenters. The van der Waals surface area contributed by atoms with Crippen molar-refractivity contribution >= 4 is 17.6 Å². The number of nitrogens with zero attached hydrogens (tertiary/aromatic N) is 3. The highest BCUT2D eigenvalue weighted by Crippen LogP contribution is 2.24. The molecule has 1 aromatic rings. The minimum absolute atomic E-state index is 0.226. The van der Waals surface area contributed by atoms with Crippen LogP contribution in [-0.4, -0.2) is 40.5 Å². The highest BCUT2D eigenvalue weighted by Gasteiger charge is 2.25. The van der Waals surface area contributed by atoms with Gasteiger partial charge in [-0.25, -0.2) is 9.97 Å². The number of hydrogen-bond donors (Lipinski definition) is 0. The van der Waals surface area contributed by atoms with Gasteiger partial charge in [0.25, 0.3) is 0 Å². The molecule has 0 unspecified atom stereocenters. The van der Waals surface area contributed by atoms with E-state index in [4.69, 9.17) is 16.3 Å². The van der Waals surface area contributed by atoms with E-state index in [1.54, 1.807) is 6.07 Å². The zero-order valence-electron chi connectivity index (χ0n) is 11.9. The molecule has 0 aliphatic heterocycles. The van der Waals surface area contributed by atoms with Gasteiger partial charge in [0.2, 0.25) is 0 Å². The predicted octanol–water partition coefficient (Wildman–Crippen LogP) is 2.36. The third-order valence-electron chi connectivity index (χ3n) is 3.61. The molecule has 0 spiro atoms. The minimum Gasteiger partial charge on any atom is -0.468 e. The highest BCUT2D eigenvalue weighted by molar-refractivity contribution is 6.29. The van der Waals surface area contributed by atoms with E-state index in [1.165, 1.54) is 20.0 Å². The standard InChI is InChI=1S/C14H20ClN3O2/c1-10-7-12(15)17-13(16-10)8-18(9-14(19)20-2)11-5-3-4-6-11/h7,11H,3-6,8-9H2,1-2H3. The first-order valence-electron chi connectivity index (χ1n) is 6.89. The summed E-state index contributed by atoms with van der Waals surface area (Å²) in [5.74, 6) is 0.432. The van der Waals surface area contributed by atoms with Gasteiger partial charge in [-0.3, -0.25) is 9.69 Å². The number of esters is 1. The van der Waals surface area contributed by atoms with E-state index in [-0.39, 0.29) is 12.5 Å². The Morgan fingerprint density at radius 1 is 1.45 bits per heavy atom. The number of ether oxygens (including phenoxy) is 1. The van der Waals surface area contributed by atoms with Crippen molar-refractivity contribution in [3.8, 4) is 0 Å². The molecule has 0 aromatic carbocycles. The smallest absolute Gasteiger partial charge is 0.319 e. The molecule has 1 heterocycles. The molecule has 5 nitrogen and oxygen atoms in total. The molecule has 1 aromatic heterocycles. The molecule has 1 fully saturated rings. The van der Waals surface area contributed by atoms with Crippen LogP contribution < -0.4 is 0 Å². The highest BCUT2D eigenvalue weighted by atomic mass is 35.5. The largest absolute Gasteiger partial charge is 0.468 e. The summed E-state index contributed by atoms with van der Waals surface area (Å²) in [5.41, 5.74) is 0.837. The molecule has 1 aliphatic rings. The molecule has 20 heavy (non-hydrogen) atoms. The summed E-state index contributed by atoms with van der Waals surface area (Å²) in [6.45, 7) is 2.69. The van der Waals surface area contributed by atoms with Crippen LogP contribution in [0.4, 0.5) is 0 Å². The average molecular weight is 298 g/mol. The van der Waals surface area contributed by atoms with Crippen LogP contribution in [-0.2, 0) is 16.1 Å². The Labute approximate surface area is 124 Å². The first-order chi connectivity index (χ1) is 9.58. The molecule has 0 N–H and O–H groups in total. The molecule has 2 rings (SSSR count). The van der Waals surface area contributed by atoms with Crippen molar-refractivity contribution in [2.45, 2.75) is 45.2 Å². The van der Waals surface area contributed by atoms with Crippen molar-refractivity contribution in [3.05, 3.63) is 22.7 Å². The van der Waals surface area contributed by atoms with Crippen LogP contribution >= 0.6 is 11.6 Å². The summed E-state index contributed by atoms with van der Waals surface area (Å²) in [7, 11) is 1.41. The molecule has 0 radical (unpaired) electrons. The van der Waals surface area contributed by atoms with Crippen LogP contribution in [0, 0.1) is 6.92 Å². The van der Waals surface area contributed by atoms with Gasteiger partial charge < -0.3 is 4.74 Å². The zero-order chi connectivity index (χ0) is 14.5. The summed E-state index contributed by atoms with van der Waals surface area (Å²) in [6.07, 6.45) is 4.63. The quantitative estimate of drug-likeness (QED) is 0.617. The number of aromatic nitrogens is 2. The number of carbonyl (C=O) groups excluding carboxylic acids is 1. The maximum absolute atomic E-state index is 11.6. The van der Waals surface area contributed by atoms with Crippen molar-refractivity contribution < 1.29 is 9.53 Å². The lowest BCUT2D eigenvalue weighted by Crippen LogP contribution is -2.38. The fourth-order valence-corrected chi connectivity index (χ4v) is 2.91. The summed E-state index contributed by atoms with van der Waals surface area (Å²) in [6, 6.07) is 2.13. The number of methoxy groups -OCH3 is 1. The summed E-state index contributed by atoms with van der Waals surface area (Å²) in [4.78, 5) is 22.3. The van der Waals surface area contributed by atoms with Crippen LogP contribution in [0.3, 0.4) is 0 Å². The van der Waals surface area contributed by atoms with Crippen LogP contribution in [0.15, 0.2) is 6.07 Å². The van der Waals surface area contributed by atoms with E-state index < -0.39 is 0 Å². The van der Waals surface area contributed by atoms with Crippen LogP contribution in [0.1, 0.15) is 37.2 Å². The molecule has 0 saturated heterocycles. The first-order valence-corrected chi connectivity index (χ1v) is 7.27. The summed E-state index contributed by atoms with van der Waals surface area (Å²) in [5, 5.41) is 0.442. The minimum atomic E-state index is -0.226. The normalized spacial score (nSPS) is 15.8. The lowest BCUT2D eigenvalue weighted by atomic mass is 10.2. The predicted molar refractivity (Wildman–Crippen MR) is 76.5 cm³/mol. The lowest BCUT2D eigenvalue weighted by Gasteiger charge is -2.26. The third-order valence-corrected chi connectivity index (χ3v) is 3.81. The van der Waals surface area contributed by atoms with Gasteiger partial charge in [0, 0.05) is 11.7 Å². The number of halogens is 1. The SMILES string of the molecule is COC(=O)CN(Cc1nc(C)cc(Cl)n1)C1CCCC1. The maximum atomic E-state index is 11.6. The Kier molecular flexibility index (Phi) is 5.31. The second kappa shape index (κ2) is 6.99. The Balaban J connectivity index is 2.11. The molecule has 1 saturated carbocycles. The zero-order valence-corrected chi connectivity index (χ0v) is 12.7. The number of rotatable bonds is 5. The molecular weight excluding hydrogens is 278 g/mol. The Bertz CT molecular complexity index is 455. The van der Waals surface area contributed by atoms with E-state index in [9.17, 15) is 4.79 Å². The molecule has 6 heteroatoms. The second-order valence-corrected chi connectivity index (χ2v) is 5.55. The second-order valence-electron chi connectivity index (χ2n) is 5.17. The number of hydrogen-bond acceptors (Lipinski definition) is 5. The molecular formula is C14H20ClN3O2. The average Bonchev–Trinajstić information content (AvgIpc) is 2.90. The van der Waals surface area contributed by atoms with Gasteiger partial charge >= 0.3 is 5.97 Å². The first kappa shape index (κ1) is 15.2. The lowest BCUT2D eigenvalue weighted by molar-refractivity contribution is -0.142. The summed E-state index contributed by atoms with van der Waals surface area (Å²) < 4.78 is 4.78. The van der Waals surface area contributed by atoms with E-state index in [0.29, 0.717) is 23.6 Å². The van der Waals surface area contributed by atoms with E-state index in [1.807, 2.05) is 6.92 Å². The Morgan fingerprint density at radius 2 is 2.15 bits per heavy atom. The van der Waals surface area contributed by atoms with Gasteiger partial charge in [-0.15, -0.1) is 0 Å². The number of aryl methyl sites for hydroxylation is 1. The van der Waals surface area contributed by atoms with Gasteiger partial charge in [0.05, 0.1) is 20.2 Å². The van der Waals surface area contributed by atoms with E-state index in [0.717, 1.165) is 18.5 Å². The van der Waals surface area contributed by atoms with Crippen molar-refractivity contribution in [1.82, 2.24) is 14.9 Å². The third kappa shape index (κ3) is 4.15. The van der Waals surface area contributed by atoms with Crippen molar-refractivity contribution in [2.75, 3.05) is 13.7 Å². The van der Waals surface area contributed by atoms with Gasteiger partial charge in [-0.1, -0.05) is 24.4 Å². The fourth-order valence-electron chi connectivity index (χ4n) is 2.66. The van der Waals surface area contributed by atoms with Crippen LogP contribution in [0.2, 0.25) is 5.15 Å². The Hall–Kier alpha value is -1.20.